The Bertz CT molecular complexity index is 1120. The summed E-state index contributed by atoms with van der Waals surface area (Å²) in [7, 11) is -2.47. The van der Waals surface area contributed by atoms with Gasteiger partial charge in [0.05, 0.1) is 24.2 Å². The van der Waals surface area contributed by atoms with Gasteiger partial charge in [0.2, 0.25) is 15.9 Å². The van der Waals surface area contributed by atoms with Crippen LogP contribution < -0.4 is 10.1 Å². The number of carbonyl (C=O) groups is 1. The predicted molar refractivity (Wildman–Crippen MR) is 117 cm³/mol. The van der Waals surface area contributed by atoms with Gasteiger partial charge in [0, 0.05) is 11.6 Å². The molecule has 0 heterocycles. The van der Waals surface area contributed by atoms with Crippen LogP contribution in [0.5, 0.6) is 5.75 Å². The topological polar surface area (TPSA) is 75.7 Å². The molecule has 3 aromatic rings. The largest absolute Gasteiger partial charge is 0.495 e. The Morgan fingerprint density at radius 3 is 2.40 bits per heavy atom. The molecule has 6 nitrogen and oxygen atoms in total. The average Bonchev–Trinajstić information content (AvgIpc) is 2.74. The van der Waals surface area contributed by atoms with Gasteiger partial charge in [-0.15, -0.1) is 0 Å². The molecule has 0 saturated carbocycles. The molecule has 1 N–H and O–H groups in total. The number of benzene rings is 3. The van der Waals surface area contributed by atoms with Crippen LogP contribution in [-0.4, -0.2) is 32.3 Å². The molecule has 1 amide bonds. The third-order valence-electron chi connectivity index (χ3n) is 4.34. The van der Waals surface area contributed by atoms with Crippen LogP contribution in [0, 0.1) is 0 Å². The minimum absolute atomic E-state index is 0.0241. The summed E-state index contributed by atoms with van der Waals surface area (Å²) < 4.78 is 32.9. The maximum Gasteiger partial charge on any atom is 0.243 e. The average molecular weight is 445 g/mol. The van der Waals surface area contributed by atoms with Gasteiger partial charge in [-0.2, -0.15) is 4.31 Å². The monoisotopic (exact) mass is 444 g/mol. The van der Waals surface area contributed by atoms with Crippen molar-refractivity contribution in [2.24, 2.45) is 0 Å². The van der Waals surface area contributed by atoms with Gasteiger partial charge in [0.15, 0.2) is 0 Å². The number of anilines is 1. The smallest absolute Gasteiger partial charge is 0.243 e. The number of para-hydroxylation sites is 2. The summed E-state index contributed by atoms with van der Waals surface area (Å²) in [6, 6.07) is 22.0. The molecule has 0 fully saturated rings. The molecule has 0 aliphatic heterocycles. The molecule has 30 heavy (non-hydrogen) atoms. The van der Waals surface area contributed by atoms with Gasteiger partial charge in [-0.05, 0) is 35.9 Å². The van der Waals surface area contributed by atoms with Gasteiger partial charge in [-0.3, -0.25) is 4.79 Å². The number of methoxy groups -OCH3 is 1. The van der Waals surface area contributed by atoms with Crippen LogP contribution in [0.25, 0.3) is 0 Å². The fourth-order valence-corrected chi connectivity index (χ4v) is 4.57. The lowest BCUT2D eigenvalue weighted by Crippen LogP contribution is -2.37. The first-order valence-electron chi connectivity index (χ1n) is 9.12. The van der Waals surface area contributed by atoms with Crippen molar-refractivity contribution in [1.82, 2.24) is 4.31 Å². The van der Waals surface area contributed by atoms with E-state index in [-0.39, 0.29) is 18.0 Å². The van der Waals surface area contributed by atoms with Crippen LogP contribution in [0.15, 0.2) is 83.8 Å². The Labute approximate surface area is 181 Å². The number of amides is 1. The predicted octanol–water partition coefficient (Wildman–Crippen LogP) is 4.18. The maximum atomic E-state index is 13.3. The van der Waals surface area contributed by atoms with Gasteiger partial charge < -0.3 is 10.1 Å². The molecule has 8 heteroatoms. The molecule has 0 spiro atoms. The van der Waals surface area contributed by atoms with Crippen LogP contribution in [0.2, 0.25) is 5.02 Å². The van der Waals surface area contributed by atoms with Crippen LogP contribution >= 0.6 is 11.6 Å². The number of halogens is 1. The molecule has 0 radical (unpaired) electrons. The molecule has 0 aromatic heterocycles. The van der Waals surface area contributed by atoms with E-state index in [1.165, 1.54) is 19.2 Å². The Kier molecular flexibility index (Phi) is 7.10. The quantitative estimate of drug-likeness (QED) is 0.565. The normalized spacial score (nSPS) is 11.3. The van der Waals surface area contributed by atoms with E-state index in [0.29, 0.717) is 16.5 Å². The third kappa shape index (κ3) is 5.38. The summed E-state index contributed by atoms with van der Waals surface area (Å²) >= 11 is 5.99. The number of sulfonamides is 1. The van der Waals surface area contributed by atoms with Crippen molar-refractivity contribution >= 4 is 33.2 Å². The van der Waals surface area contributed by atoms with E-state index < -0.39 is 15.9 Å². The molecule has 0 aliphatic rings. The molecule has 0 aliphatic carbocycles. The maximum absolute atomic E-state index is 13.3. The number of hydrogen-bond acceptors (Lipinski definition) is 4. The van der Waals surface area contributed by atoms with Crippen molar-refractivity contribution in [1.29, 1.82) is 0 Å². The lowest BCUT2D eigenvalue weighted by atomic mass is 10.2. The molecule has 3 aromatic carbocycles. The molecule has 0 saturated heterocycles. The Hall–Kier alpha value is -2.87. The van der Waals surface area contributed by atoms with Gasteiger partial charge in [-0.25, -0.2) is 8.42 Å². The van der Waals surface area contributed by atoms with Gasteiger partial charge in [-0.1, -0.05) is 60.1 Å². The van der Waals surface area contributed by atoms with Crippen molar-refractivity contribution in [3.05, 3.63) is 89.4 Å². The first-order valence-corrected chi connectivity index (χ1v) is 10.9. The summed E-state index contributed by atoms with van der Waals surface area (Å²) in [6.45, 7) is -0.336. The number of hydrogen-bond donors (Lipinski definition) is 1. The van der Waals surface area contributed by atoms with E-state index in [4.69, 9.17) is 16.3 Å². The van der Waals surface area contributed by atoms with Crippen molar-refractivity contribution in [3.8, 4) is 5.75 Å². The van der Waals surface area contributed by atoms with Crippen LogP contribution in [0.3, 0.4) is 0 Å². The number of carbonyl (C=O) groups excluding carboxylic acids is 1. The van der Waals surface area contributed by atoms with Crippen molar-refractivity contribution in [3.63, 3.8) is 0 Å². The van der Waals surface area contributed by atoms with Crippen molar-refractivity contribution < 1.29 is 17.9 Å². The van der Waals surface area contributed by atoms with Crippen LogP contribution in [0.4, 0.5) is 5.69 Å². The summed E-state index contributed by atoms with van der Waals surface area (Å²) in [5.74, 6) is -0.000748. The minimum Gasteiger partial charge on any atom is -0.495 e. The number of rotatable bonds is 8. The number of nitrogens with zero attached hydrogens (tertiary/aromatic N) is 1. The second-order valence-electron chi connectivity index (χ2n) is 6.46. The summed E-state index contributed by atoms with van der Waals surface area (Å²) in [6.07, 6.45) is 0. The summed E-state index contributed by atoms with van der Waals surface area (Å²) in [4.78, 5) is 12.8. The lowest BCUT2D eigenvalue weighted by Gasteiger charge is -2.22. The third-order valence-corrected chi connectivity index (χ3v) is 6.36. The number of ether oxygens (including phenoxy) is 1. The highest BCUT2D eigenvalue weighted by Crippen LogP contribution is 2.24. The zero-order chi connectivity index (χ0) is 21.6. The molecule has 0 bridgehead atoms. The summed E-state index contributed by atoms with van der Waals surface area (Å²) in [5.41, 5.74) is 1.22. The minimum atomic E-state index is -3.97. The second-order valence-corrected chi connectivity index (χ2v) is 8.84. The highest BCUT2D eigenvalue weighted by atomic mass is 35.5. The van der Waals surface area contributed by atoms with E-state index in [2.05, 4.69) is 5.32 Å². The highest BCUT2D eigenvalue weighted by Gasteiger charge is 2.27. The van der Waals surface area contributed by atoms with Gasteiger partial charge in [0.1, 0.15) is 5.75 Å². The van der Waals surface area contributed by atoms with Crippen molar-refractivity contribution in [2.45, 2.75) is 11.4 Å². The SMILES string of the molecule is COc1ccccc1NC(=O)CN(Cc1ccccc1)S(=O)(=O)c1cccc(Cl)c1. The van der Waals surface area contributed by atoms with Crippen LogP contribution in [-0.2, 0) is 21.4 Å². The Morgan fingerprint density at radius 1 is 1.00 bits per heavy atom. The molecular weight excluding hydrogens is 424 g/mol. The van der Waals surface area contributed by atoms with E-state index >= 15 is 0 Å². The fraction of sp³-hybridized carbons (Fsp3) is 0.136. The van der Waals surface area contributed by atoms with E-state index in [9.17, 15) is 13.2 Å². The van der Waals surface area contributed by atoms with Gasteiger partial charge >= 0.3 is 0 Å². The lowest BCUT2D eigenvalue weighted by molar-refractivity contribution is -0.116. The molecule has 0 atom stereocenters. The zero-order valence-corrected chi connectivity index (χ0v) is 17.9. The standard InChI is InChI=1S/C22H21ClN2O4S/c1-29-21-13-6-5-12-20(21)24-22(26)16-25(15-17-8-3-2-4-9-17)30(27,28)19-11-7-10-18(23)14-19/h2-14H,15-16H2,1H3,(H,24,26). The first kappa shape index (κ1) is 21.8. The second kappa shape index (κ2) is 9.75. The van der Waals surface area contributed by atoms with Crippen LogP contribution in [0.1, 0.15) is 5.56 Å². The zero-order valence-electron chi connectivity index (χ0n) is 16.3. The van der Waals surface area contributed by atoms with Crippen molar-refractivity contribution in [2.75, 3.05) is 19.0 Å². The first-order chi connectivity index (χ1) is 14.4. The molecule has 3 rings (SSSR count). The molecule has 0 unspecified atom stereocenters. The Morgan fingerprint density at radius 2 is 1.70 bits per heavy atom. The molecular formula is C22H21ClN2O4S. The highest BCUT2D eigenvalue weighted by molar-refractivity contribution is 7.89. The van der Waals surface area contributed by atoms with Gasteiger partial charge in [0.25, 0.3) is 0 Å². The fourth-order valence-electron chi connectivity index (χ4n) is 2.89. The molecule has 156 valence electrons. The van der Waals surface area contributed by atoms with E-state index in [1.807, 2.05) is 18.2 Å². The number of nitrogens with one attached hydrogen (secondary N) is 1. The Balaban J connectivity index is 1.88. The summed E-state index contributed by atoms with van der Waals surface area (Å²) in [5, 5.41) is 3.02. The van der Waals surface area contributed by atoms with E-state index in [1.54, 1.807) is 48.5 Å². The van der Waals surface area contributed by atoms with E-state index in [0.717, 1.165) is 9.87 Å².